The van der Waals surface area contributed by atoms with Gasteiger partial charge in [0.25, 0.3) is 0 Å². The van der Waals surface area contributed by atoms with Crippen LogP contribution in [0.25, 0.3) is 0 Å². The molecule has 0 heterocycles. The van der Waals surface area contributed by atoms with Crippen LogP contribution in [-0.4, -0.2) is 16.9 Å². The minimum atomic E-state index is -1.31. The smallest absolute Gasteiger partial charge is 0.140 e. The quantitative estimate of drug-likeness (QED) is 0.415. The summed E-state index contributed by atoms with van der Waals surface area (Å²) in [5, 5.41) is 0. The van der Waals surface area contributed by atoms with Gasteiger partial charge < -0.3 is 0 Å². The van der Waals surface area contributed by atoms with Gasteiger partial charge in [-0.15, -0.1) is 17.7 Å². The molecule has 0 bridgehead atoms. The molecule has 0 amide bonds. The van der Waals surface area contributed by atoms with Crippen molar-refractivity contribution in [3.8, 4) is 11.1 Å². The molecule has 10 heavy (non-hydrogen) atoms. The first-order valence-corrected chi connectivity index (χ1v) is 9.02. The number of hydrogen-bond donors (Lipinski definition) is 0. The molecule has 0 fully saturated rings. The molecular formula is C8H15Si2. The maximum absolute atomic E-state index is 3.78. The van der Waals surface area contributed by atoms with Crippen LogP contribution in [0.4, 0.5) is 0 Å². The van der Waals surface area contributed by atoms with Gasteiger partial charge in [0.15, 0.2) is 8.07 Å². The Bertz CT molecular complexity index is 169. The average molecular weight is 167 g/mol. The second-order valence-corrected chi connectivity index (χ2v) is 9.53. The van der Waals surface area contributed by atoms with E-state index in [1.54, 1.807) is 0 Å². The molecule has 0 aromatic carbocycles. The zero-order valence-electron chi connectivity index (χ0n) is 7.28. The Labute approximate surface area is 67.0 Å². The largest absolute Gasteiger partial charge is 0.154 e. The van der Waals surface area contributed by atoms with E-state index in [1.165, 1.54) is 0 Å². The van der Waals surface area contributed by atoms with Crippen LogP contribution in [0.3, 0.4) is 0 Å². The molecule has 0 saturated carbocycles. The zero-order valence-corrected chi connectivity index (χ0v) is 9.28. The summed E-state index contributed by atoms with van der Waals surface area (Å²) in [5.41, 5.74) is 8.64. The molecule has 0 nitrogen and oxygen atoms in total. The van der Waals surface area contributed by atoms with Gasteiger partial charge in [-0.1, -0.05) is 31.9 Å². The van der Waals surface area contributed by atoms with Crippen LogP contribution < -0.4 is 0 Å². The van der Waals surface area contributed by atoms with Crippen molar-refractivity contribution in [2.45, 2.75) is 26.2 Å². The molecule has 0 aliphatic heterocycles. The standard InChI is InChI=1S/C8H15Si2/c1-6-10(4,5)8-7-9(2)3/h6H,1H2,2-5H3. The fourth-order valence-electron chi connectivity index (χ4n) is 0.337. The molecule has 0 rings (SSSR count). The van der Waals surface area contributed by atoms with Crippen LogP contribution >= 0.6 is 0 Å². The van der Waals surface area contributed by atoms with E-state index in [9.17, 15) is 0 Å². The van der Waals surface area contributed by atoms with E-state index >= 15 is 0 Å². The maximum atomic E-state index is 3.78. The molecule has 0 aliphatic rings. The van der Waals surface area contributed by atoms with Gasteiger partial charge >= 0.3 is 0 Å². The summed E-state index contributed by atoms with van der Waals surface area (Å²) in [7, 11) is -1.66. The number of rotatable bonds is 1. The second-order valence-electron chi connectivity index (χ2n) is 3.18. The summed E-state index contributed by atoms with van der Waals surface area (Å²) in [4.78, 5) is 0. The van der Waals surface area contributed by atoms with E-state index in [4.69, 9.17) is 0 Å². The molecule has 55 valence electrons. The molecular weight excluding hydrogens is 152 g/mol. The zero-order chi connectivity index (χ0) is 8.20. The molecule has 0 N–H and O–H groups in total. The molecule has 0 atom stereocenters. The lowest BCUT2D eigenvalue weighted by Crippen LogP contribution is -2.20. The Kier molecular flexibility index (Phi) is 3.69. The lowest BCUT2D eigenvalue weighted by Gasteiger charge is -2.05. The van der Waals surface area contributed by atoms with Gasteiger partial charge in [-0.3, -0.25) is 0 Å². The Morgan fingerprint density at radius 3 is 2.20 bits per heavy atom. The second kappa shape index (κ2) is 3.79. The highest BCUT2D eigenvalue weighted by molar-refractivity contribution is 6.90. The van der Waals surface area contributed by atoms with Gasteiger partial charge in [0.2, 0.25) is 0 Å². The summed E-state index contributed by atoms with van der Waals surface area (Å²) in [5.74, 6) is 0. The Morgan fingerprint density at radius 1 is 1.40 bits per heavy atom. The third-order valence-corrected chi connectivity index (χ3v) is 3.81. The van der Waals surface area contributed by atoms with Crippen molar-refractivity contribution in [2.24, 2.45) is 0 Å². The molecule has 0 aromatic heterocycles. The highest BCUT2D eigenvalue weighted by atomic mass is 28.3. The highest BCUT2D eigenvalue weighted by Crippen LogP contribution is 1.99. The van der Waals surface area contributed by atoms with E-state index in [-0.39, 0.29) is 8.80 Å². The first-order chi connectivity index (χ1) is 4.48. The van der Waals surface area contributed by atoms with Gasteiger partial charge in [0.1, 0.15) is 8.80 Å². The van der Waals surface area contributed by atoms with Crippen LogP contribution in [0.1, 0.15) is 0 Å². The van der Waals surface area contributed by atoms with Crippen molar-refractivity contribution in [3.05, 3.63) is 12.3 Å². The molecule has 0 aliphatic carbocycles. The predicted molar refractivity (Wildman–Crippen MR) is 52.9 cm³/mol. The lowest BCUT2D eigenvalue weighted by molar-refractivity contribution is 1.90. The summed E-state index contributed by atoms with van der Waals surface area (Å²) >= 11 is 0. The minimum absolute atomic E-state index is 0.352. The maximum Gasteiger partial charge on any atom is 0.154 e. The van der Waals surface area contributed by atoms with Crippen molar-refractivity contribution >= 4 is 16.9 Å². The van der Waals surface area contributed by atoms with Crippen LogP contribution in [0.15, 0.2) is 12.3 Å². The van der Waals surface area contributed by atoms with E-state index in [0.717, 1.165) is 0 Å². The van der Waals surface area contributed by atoms with Crippen LogP contribution in [-0.2, 0) is 0 Å². The van der Waals surface area contributed by atoms with Crippen molar-refractivity contribution in [2.75, 3.05) is 0 Å². The molecule has 0 aromatic rings. The molecule has 1 radical (unpaired) electrons. The fourth-order valence-corrected chi connectivity index (χ4v) is 2.73. The lowest BCUT2D eigenvalue weighted by atomic mass is 11.3. The fraction of sp³-hybridized carbons (Fsp3) is 0.500. The average Bonchev–Trinajstić information content (AvgIpc) is 1.85. The van der Waals surface area contributed by atoms with Gasteiger partial charge in [-0.25, -0.2) is 0 Å². The summed E-state index contributed by atoms with van der Waals surface area (Å²) in [6.07, 6.45) is 0. The third kappa shape index (κ3) is 4.60. The van der Waals surface area contributed by atoms with Crippen LogP contribution in [0.2, 0.25) is 26.2 Å². The highest BCUT2D eigenvalue weighted by Gasteiger charge is 2.10. The summed E-state index contributed by atoms with van der Waals surface area (Å²) in [6, 6.07) is 0. The van der Waals surface area contributed by atoms with Crippen molar-refractivity contribution in [1.82, 2.24) is 0 Å². The van der Waals surface area contributed by atoms with Gasteiger partial charge in [-0.2, -0.15) is 0 Å². The van der Waals surface area contributed by atoms with Crippen LogP contribution in [0.5, 0.6) is 0 Å². The molecule has 0 unspecified atom stereocenters. The van der Waals surface area contributed by atoms with E-state index < -0.39 is 8.07 Å². The monoisotopic (exact) mass is 167 g/mol. The number of hydrogen-bond acceptors (Lipinski definition) is 0. The minimum Gasteiger partial charge on any atom is -0.140 e. The van der Waals surface area contributed by atoms with E-state index in [2.05, 4.69) is 43.9 Å². The van der Waals surface area contributed by atoms with Crippen molar-refractivity contribution in [3.63, 3.8) is 0 Å². The summed E-state index contributed by atoms with van der Waals surface area (Å²) < 4.78 is 0. The molecule has 0 saturated heterocycles. The van der Waals surface area contributed by atoms with Crippen LogP contribution in [0, 0.1) is 11.1 Å². The molecule has 0 spiro atoms. The summed E-state index contributed by atoms with van der Waals surface area (Å²) in [6.45, 7) is 12.6. The first kappa shape index (κ1) is 9.73. The predicted octanol–water partition coefficient (Wildman–Crippen LogP) is 2.26. The van der Waals surface area contributed by atoms with Gasteiger partial charge in [-0.05, 0) is 0 Å². The Morgan fingerprint density at radius 2 is 1.90 bits per heavy atom. The third-order valence-electron chi connectivity index (χ3n) is 1.14. The topological polar surface area (TPSA) is 0 Å². The first-order valence-electron chi connectivity index (χ1n) is 3.45. The van der Waals surface area contributed by atoms with Crippen molar-refractivity contribution in [1.29, 1.82) is 0 Å². The van der Waals surface area contributed by atoms with Gasteiger partial charge in [0.05, 0.1) is 0 Å². The van der Waals surface area contributed by atoms with Crippen molar-refractivity contribution < 1.29 is 0 Å². The van der Waals surface area contributed by atoms with E-state index in [1.807, 2.05) is 5.70 Å². The van der Waals surface area contributed by atoms with E-state index in [0.29, 0.717) is 0 Å². The Balaban J connectivity index is 4.15. The van der Waals surface area contributed by atoms with Gasteiger partial charge in [0, 0.05) is 0 Å². The normalized spacial score (nSPS) is 10.5. The Hall–Kier alpha value is -0.266. The molecule has 2 heteroatoms. The SMILES string of the molecule is C=C[Si](C)(C)C#C[Si](C)C.